The molecule has 0 bridgehead atoms. The lowest BCUT2D eigenvalue weighted by molar-refractivity contribution is 0.385. The number of aryl methyl sites for hydroxylation is 4. The Kier molecular flexibility index (Phi) is 13.0. The fraction of sp³-hybridized carbons (Fsp3) is 0.240. The molecule has 22 heteroatoms. The first-order valence-corrected chi connectivity index (χ1v) is 22.2. The van der Waals surface area contributed by atoms with Gasteiger partial charge >= 0.3 is 0 Å². The summed E-state index contributed by atoms with van der Waals surface area (Å²) in [4.78, 5) is 26.3. The molecule has 0 fully saturated rings. The molecule has 0 amide bonds. The van der Waals surface area contributed by atoms with E-state index in [1.807, 2.05) is 26.2 Å². The van der Waals surface area contributed by atoms with E-state index in [4.69, 9.17) is 9.47 Å². The Bertz CT molecular complexity index is 3250. The highest BCUT2D eigenvalue weighted by atomic mass is 19.2. The van der Waals surface area contributed by atoms with Gasteiger partial charge in [0, 0.05) is 37.9 Å². The van der Waals surface area contributed by atoms with E-state index in [-0.39, 0.29) is 35.6 Å². The molecule has 2 aliphatic rings. The zero-order valence-corrected chi connectivity index (χ0v) is 38.8. The number of aromatic nitrogens is 12. The summed E-state index contributed by atoms with van der Waals surface area (Å²) >= 11 is 0. The first-order valence-electron chi connectivity index (χ1n) is 22.2. The minimum absolute atomic E-state index is 0.00421. The van der Waals surface area contributed by atoms with Crippen LogP contribution in [0, 0.1) is 71.4 Å². The Labute approximate surface area is 406 Å². The Morgan fingerprint density at radius 1 is 0.569 bits per heavy atom. The zero-order valence-electron chi connectivity index (χ0n) is 38.8. The molecule has 8 aromatic rings. The number of ether oxygens (including phenoxy) is 2. The smallest absolute Gasteiger partial charge is 0.194 e. The normalized spacial score (nSPS) is 17.2. The third kappa shape index (κ3) is 8.94. The number of hydrogen-bond acceptors (Lipinski definition) is 12. The van der Waals surface area contributed by atoms with Gasteiger partial charge in [-0.15, -0.1) is 0 Å². The lowest BCUT2D eigenvalue weighted by Crippen LogP contribution is -2.35. The SMILES string of the molecule is COc1cc(/C=C/c2nc3n(n2)CCC[C@@]3(C#N)c2cc(F)c(F)c(F)c2)cnc1-n1cnc(C)c1.COc1cc(/C=C/c2nc3n(n2)CCC[C@]3(C#N)c2cc(F)c(F)c(F)c2)cnc1-n1cnc(C)c1. The molecule has 0 saturated heterocycles. The van der Waals surface area contributed by atoms with Gasteiger partial charge < -0.3 is 9.47 Å². The summed E-state index contributed by atoms with van der Waals surface area (Å²) in [6.07, 6.45) is 18.7. The highest BCUT2D eigenvalue weighted by molar-refractivity contribution is 5.69. The summed E-state index contributed by atoms with van der Waals surface area (Å²) in [5, 5.41) is 29.0. The van der Waals surface area contributed by atoms with Gasteiger partial charge in [0.05, 0.1) is 37.7 Å². The number of methoxy groups -OCH3 is 2. The van der Waals surface area contributed by atoms with Crippen molar-refractivity contribution in [2.75, 3.05) is 14.2 Å². The third-order valence-corrected chi connectivity index (χ3v) is 12.2. The first-order chi connectivity index (χ1) is 34.7. The maximum Gasteiger partial charge on any atom is 0.194 e. The molecule has 72 heavy (non-hydrogen) atoms. The number of benzene rings is 2. The number of halogens is 6. The van der Waals surface area contributed by atoms with Crippen molar-refractivity contribution in [1.29, 1.82) is 10.5 Å². The second kappa shape index (κ2) is 19.5. The van der Waals surface area contributed by atoms with E-state index in [2.05, 4.69) is 52.2 Å². The molecule has 0 aliphatic carbocycles. The van der Waals surface area contributed by atoms with E-state index in [0.717, 1.165) is 46.8 Å². The molecule has 0 radical (unpaired) electrons. The van der Waals surface area contributed by atoms with Crippen LogP contribution in [0.1, 0.15) is 82.6 Å². The lowest BCUT2D eigenvalue weighted by Gasteiger charge is -2.30. The van der Waals surface area contributed by atoms with Crippen LogP contribution in [0.25, 0.3) is 35.9 Å². The minimum Gasteiger partial charge on any atom is -0.493 e. The number of imidazole rings is 2. The summed E-state index contributed by atoms with van der Waals surface area (Å²) in [6.45, 7) is 4.73. The summed E-state index contributed by atoms with van der Waals surface area (Å²) in [7, 11) is 3.09. The number of pyridine rings is 2. The molecular weight excluding hydrogens is 943 g/mol. The van der Waals surface area contributed by atoms with Crippen LogP contribution in [0.4, 0.5) is 26.3 Å². The quantitative estimate of drug-likeness (QED) is 0.0938. The van der Waals surface area contributed by atoms with Gasteiger partial charge in [-0.05, 0) is 122 Å². The molecule has 364 valence electrons. The molecule has 2 atom stereocenters. The number of nitriles is 2. The van der Waals surface area contributed by atoms with Crippen molar-refractivity contribution in [3.05, 3.63) is 166 Å². The highest BCUT2D eigenvalue weighted by Gasteiger charge is 2.44. The molecular formula is C50H40F6N14O2. The Balaban J connectivity index is 0.000000178. The maximum absolute atomic E-state index is 14.0. The van der Waals surface area contributed by atoms with Gasteiger partial charge in [-0.3, -0.25) is 9.13 Å². The molecule has 10 rings (SSSR count). The Morgan fingerprint density at radius 3 is 1.29 bits per heavy atom. The summed E-state index contributed by atoms with van der Waals surface area (Å²) in [5.41, 5.74) is 0.219. The molecule has 6 aromatic heterocycles. The van der Waals surface area contributed by atoms with Gasteiger partial charge in [-0.25, -0.2) is 65.6 Å². The zero-order chi connectivity index (χ0) is 50.9. The second-order valence-electron chi connectivity index (χ2n) is 16.9. The van der Waals surface area contributed by atoms with Gasteiger partial charge in [-0.1, -0.05) is 0 Å². The van der Waals surface area contributed by atoms with Gasteiger partial charge in [0.2, 0.25) is 0 Å². The second-order valence-corrected chi connectivity index (χ2v) is 16.9. The van der Waals surface area contributed by atoms with Crippen molar-refractivity contribution in [3.63, 3.8) is 0 Å². The predicted molar refractivity (Wildman–Crippen MR) is 247 cm³/mol. The number of rotatable bonds is 10. The number of hydrogen-bond donors (Lipinski definition) is 0. The average molecular weight is 983 g/mol. The molecule has 2 aromatic carbocycles. The Morgan fingerprint density at radius 2 is 0.958 bits per heavy atom. The van der Waals surface area contributed by atoms with Crippen LogP contribution >= 0.6 is 0 Å². The van der Waals surface area contributed by atoms with E-state index in [1.165, 1.54) is 0 Å². The van der Waals surface area contributed by atoms with Crippen LogP contribution in [0.15, 0.2) is 73.8 Å². The van der Waals surface area contributed by atoms with Crippen molar-refractivity contribution < 1.29 is 35.8 Å². The fourth-order valence-corrected chi connectivity index (χ4v) is 8.70. The summed E-state index contributed by atoms with van der Waals surface area (Å²) < 4.78 is 101. The van der Waals surface area contributed by atoms with Crippen molar-refractivity contribution in [1.82, 2.24) is 58.6 Å². The van der Waals surface area contributed by atoms with E-state index < -0.39 is 45.7 Å². The molecule has 8 heterocycles. The van der Waals surface area contributed by atoms with Crippen LogP contribution in [0.5, 0.6) is 11.5 Å². The largest absolute Gasteiger partial charge is 0.493 e. The molecule has 2 aliphatic heterocycles. The average Bonchev–Trinajstić information content (AvgIpc) is 4.22. The van der Waals surface area contributed by atoms with E-state index in [1.54, 1.807) is 94.2 Å². The highest BCUT2D eigenvalue weighted by Crippen LogP contribution is 2.41. The number of fused-ring (bicyclic) bond motifs is 2. The van der Waals surface area contributed by atoms with Crippen molar-refractivity contribution in [3.8, 4) is 35.3 Å². The molecule has 0 saturated carbocycles. The van der Waals surface area contributed by atoms with Gasteiger partial charge in [0.15, 0.2) is 81.3 Å². The lowest BCUT2D eigenvalue weighted by atomic mass is 9.75. The standard InChI is InChI=1S/2C25H20F3N7O/c2*1-15-12-34(14-31-15)23-20(36-2)8-16(11-30-23)4-5-21-32-24-25(13-29,6-3-7-35(24)33-21)17-9-18(26)22(28)19(27)10-17/h2*4-5,8-12,14H,3,6-7H2,1-2H3/b2*5-4+/t2*25-/m10/s1. The third-order valence-electron chi connectivity index (χ3n) is 12.2. The topological polar surface area (TPSA) is 189 Å². The fourth-order valence-electron chi connectivity index (χ4n) is 8.70. The minimum atomic E-state index is -1.58. The monoisotopic (exact) mass is 982 g/mol. The van der Waals surface area contributed by atoms with E-state index >= 15 is 0 Å². The summed E-state index contributed by atoms with van der Waals surface area (Å²) in [5.74, 6) is -5.20. The van der Waals surface area contributed by atoms with Crippen LogP contribution in [-0.4, -0.2) is 72.8 Å². The molecule has 0 N–H and O–H groups in total. The van der Waals surface area contributed by atoms with Gasteiger partial charge in [-0.2, -0.15) is 20.7 Å². The van der Waals surface area contributed by atoms with Crippen molar-refractivity contribution >= 4 is 24.3 Å². The molecule has 16 nitrogen and oxygen atoms in total. The van der Waals surface area contributed by atoms with Gasteiger partial charge in [0.25, 0.3) is 0 Å². The van der Waals surface area contributed by atoms with E-state index in [0.29, 0.717) is 60.7 Å². The molecule has 0 unspecified atom stereocenters. The van der Waals surface area contributed by atoms with Crippen molar-refractivity contribution in [2.24, 2.45) is 0 Å². The van der Waals surface area contributed by atoms with Crippen LogP contribution in [0.2, 0.25) is 0 Å². The summed E-state index contributed by atoms with van der Waals surface area (Å²) in [6, 6.07) is 11.3. The Hall–Kier alpha value is -8.92. The van der Waals surface area contributed by atoms with Crippen molar-refractivity contribution in [2.45, 2.75) is 63.5 Å². The molecule has 0 spiro atoms. The van der Waals surface area contributed by atoms with Crippen LogP contribution < -0.4 is 9.47 Å². The van der Waals surface area contributed by atoms with E-state index in [9.17, 15) is 36.9 Å². The van der Waals surface area contributed by atoms with Crippen LogP contribution in [0.3, 0.4) is 0 Å². The van der Waals surface area contributed by atoms with Gasteiger partial charge in [0.1, 0.15) is 23.5 Å². The van der Waals surface area contributed by atoms with Crippen LogP contribution in [-0.2, 0) is 23.9 Å². The maximum atomic E-state index is 14.0. The first kappa shape index (κ1) is 48.1. The predicted octanol–water partition coefficient (Wildman–Crippen LogP) is 8.73. The number of nitrogens with zero attached hydrogens (tertiary/aromatic N) is 14.